The van der Waals surface area contributed by atoms with Crippen molar-refractivity contribution in [1.82, 2.24) is 20.1 Å². The molecule has 0 radical (unpaired) electrons. The van der Waals surface area contributed by atoms with E-state index in [0.717, 1.165) is 22.9 Å². The number of thioether (sulfide) groups is 1. The molecule has 1 N–H and O–H groups in total. The summed E-state index contributed by atoms with van der Waals surface area (Å²) in [5.41, 5.74) is 0.851. The maximum absolute atomic E-state index is 13.5. The minimum atomic E-state index is -0.787. The van der Waals surface area contributed by atoms with Gasteiger partial charge >= 0.3 is 0 Å². The zero-order chi connectivity index (χ0) is 19.7. The van der Waals surface area contributed by atoms with E-state index in [4.69, 9.17) is 16.3 Å². The molecule has 6 nitrogen and oxygen atoms in total. The predicted molar refractivity (Wildman–Crippen MR) is 110 cm³/mol. The number of benzene rings is 2. The van der Waals surface area contributed by atoms with Crippen molar-refractivity contribution in [2.45, 2.75) is 30.8 Å². The molecule has 4 rings (SSSR count). The molecule has 1 saturated heterocycles. The van der Waals surface area contributed by atoms with Gasteiger partial charge in [-0.1, -0.05) is 49.4 Å². The SMILES string of the molecule is C.CNC(=O)Sc1ncnn1CC1(c2ccc(F)cc2)OC1c1ccccc1Cl. The Hall–Kier alpha value is -2.42. The first-order valence-corrected chi connectivity index (χ1v) is 9.68. The van der Waals surface area contributed by atoms with Crippen LogP contribution >= 0.6 is 23.4 Å². The molecule has 2 unspecified atom stereocenters. The maximum Gasteiger partial charge on any atom is 0.286 e. The number of nitrogens with one attached hydrogen (secondary N) is 1. The predicted octanol–water partition coefficient (Wildman–Crippen LogP) is 4.81. The molecule has 29 heavy (non-hydrogen) atoms. The van der Waals surface area contributed by atoms with Crippen molar-refractivity contribution in [3.63, 3.8) is 0 Å². The Labute approximate surface area is 177 Å². The van der Waals surface area contributed by atoms with Crippen LogP contribution in [0.1, 0.15) is 24.7 Å². The van der Waals surface area contributed by atoms with E-state index in [2.05, 4.69) is 15.4 Å². The third-order valence-corrected chi connectivity index (χ3v) is 5.80. The van der Waals surface area contributed by atoms with Crippen LogP contribution in [0.15, 0.2) is 60.0 Å². The van der Waals surface area contributed by atoms with Gasteiger partial charge in [0.1, 0.15) is 23.8 Å². The molecule has 1 aromatic heterocycles. The Morgan fingerprint density at radius 1 is 1.31 bits per heavy atom. The Morgan fingerprint density at radius 2 is 2.03 bits per heavy atom. The van der Waals surface area contributed by atoms with Crippen LogP contribution in [0.25, 0.3) is 0 Å². The van der Waals surface area contributed by atoms with Crippen molar-refractivity contribution in [2.75, 3.05) is 7.05 Å². The van der Waals surface area contributed by atoms with Gasteiger partial charge < -0.3 is 10.1 Å². The molecule has 0 aliphatic carbocycles. The van der Waals surface area contributed by atoms with Crippen molar-refractivity contribution in [2.24, 2.45) is 0 Å². The van der Waals surface area contributed by atoms with E-state index in [9.17, 15) is 9.18 Å². The van der Waals surface area contributed by atoms with Crippen molar-refractivity contribution in [1.29, 1.82) is 0 Å². The lowest BCUT2D eigenvalue weighted by atomic mass is 9.91. The Bertz CT molecular complexity index is 1010. The number of nitrogens with zero attached hydrogens (tertiary/aromatic N) is 3. The average molecular weight is 435 g/mol. The van der Waals surface area contributed by atoms with Gasteiger partial charge in [0.25, 0.3) is 5.24 Å². The molecule has 152 valence electrons. The molecule has 2 atom stereocenters. The third-order valence-electron chi connectivity index (χ3n) is 4.57. The van der Waals surface area contributed by atoms with E-state index in [1.54, 1.807) is 29.9 Å². The number of halogens is 2. The quantitative estimate of drug-likeness (QED) is 0.461. The van der Waals surface area contributed by atoms with E-state index in [1.807, 2.05) is 18.2 Å². The van der Waals surface area contributed by atoms with Crippen molar-refractivity contribution < 1.29 is 13.9 Å². The van der Waals surface area contributed by atoms with Gasteiger partial charge in [-0.15, -0.1) is 0 Å². The number of ether oxygens (including phenoxy) is 1. The van der Waals surface area contributed by atoms with Crippen LogP contribution in [0.2, 0.25) is 5.02 Å². The molecule has 0 bridgehead atoms. The van der Waals surface area contributed by atoms with Gasteiger partial charge in [0.15, 0.2) is 5.16 Å². The molecule has 2 aromatic carbocycles. The Kier molecular flexibility index (Phi) is 6.26. The first-order valence-electron chi connectivity index (χ1n) is 8.49. The molecule has 2 heterocycles. The van der Waals surface area contributed by atoms with E-state index in [1.165, 1.54) is 18.5 Å². The summed E-state index contributed by atoms with van der Waals surface area (Å²) in [5, 5.41) is 7.57. The Morgan fingerprint density at radius 3 is 2.72 bits per heavy atom. The number of amides is 1. The number of carbonyl (C=O) groups excluding carboxylic acids is 1. The number of epoxide rings is 1. The summed E-state index contributed by atoms with van der Waals surface area (Å²) in [6.07, 6.45) is 1.06. The highest BCUT2D eigenvalue weighted by Gasteiger charge is 2.59. The van der Waals surface area contributed by atoms with Gasteiger partial charge in [0, 0.05) is 29.4 Å². The molecule has 1 aliphatic rings. The van der Waals surface area contributed by atoms with Gasteiger partial charge in [0.2, 0.25) is 0 Å². The molecule has 1 aliphatic heterocycles. The fraction of sp³-hybridized carbons (Fsp3) is 0.250. The lowest BCUT2D eigenvalue weighted by molar-refractivity contribution is 0.255. The topological polar surface area (TPSA) is 72.3 Å². The van der Waals surface area contributed by atoms with Crippen LogP contribution in [0.4, 0.5) is 9.18 Å². The minimum Gasteiger partial charge on any atom is -0.354 e. The van der Waals surface area contributed by atoms with Crippen LogP contribution in [0.5, 0.6) is 0 Å². The zero-order valence-electron chi connectivity index (χ0n) is 14.8. The van der Waals surface area contributed by atoms with Crippen LogP contribution < -0.4 is 5.32 Å². The third kappa shape index (κ3) is 4.14. The fourth-order valence-corrected chi connectivity index (χ4v) is 3.96. The average Bonchev–Trinajstić information content (AvgIpc) is 3.26. The largest absolute Gasteiger partial charge is 0.354 e. The smallest absolute Gasteiger partial charge is 0.286 e. The highest BCUT2D eigenvalue weighted by Crippen LogP contribution is 2.59. The van der Waals surface area contributed by atoms with E-state index in [-0.39, 0.29) is 24.6 Å². The first kappa shape index (κ1) is 21.3. The number of aromatic nitrogens is 3. The molecule has 0 spiro atoms. The second-order valence-corrected chi connectivity index (χ2v) is 7.60. The zero-order valence-corrected chi connectivity index (χ0v) is 16.4. The van der Waals surface area contributed by atoms with Crippen molar-refractivity contribution in [3.05, 3.63) is 76.8 Å². The summed E-state index contributed by atoms with van der Waals surface area (Å²) in [5.74, 6) is -0.328. The molecule has 1 fully saturated rings. The summed E-state index contributed by atoms with van der Waals surface area (Å²) in [7, 11) is 1.55. The van der Waals surface area contributed by atoms with Crippen LogP contribution in [-0.2, 0) is 16.9 Å². The second-order valence-electron chi connectivity index (χ2n) is 6.26. The minimum absolute atomic E-state index is 0. The summed E-state index contributed by atoms with van der Waals surface area (Å²) in [6, 6.07) is 13.6. The van der Waals surface area contributed by atoms with Crippen molar-refractivity contribution in [3.8, 4) is 0 Å². The van der Waals surface area contributed by atoms with Crippen LogP contribution in [0, 0.1) is 5.82 Å². The summed E-state index contributed by atoms with van der Waals surface area (Å²) in [4.78, 5) is 15.9. The van der Waals surface area contributed by atoms with Crippen LogP contribution in [-0.4, -0.2) is 27.1 Å². The van der Waals surface area contributed by atoms with Gasteiger partial charge in [-0.05, 0) is 23.8 Å². The first-order chi connectivity index (χ1) is 13.5. The van der Waals surface area contributed by atoms with E-state index >= 15 is 0 Å². The summed E-state index contributed by atoms with van der Waals surface area (Å²) >= 11 is 7.31. The lowest BCUT2D eigenvalue weighted by Crippen LogP contribution is -2.21. The normalized spacial score (nSPS) is 20.0. The summed E-state index contributed by atoms with van der Waals surface area (Å²) in [6.45, 7) is 0.299. The Balaban J connectivity index is 0.00000240. The standard InChI is InChI=1S/C19H16ClFN4O2S.CH4/c1-22-18(26)28-17-23-11-24-25(17)10-19(12-6-8-13(21)9-7-12)16(27-19)14-4-2-3-5-15(14)20;/h2-9,11,16H,10H2,1H3,(H,22,26);1H4. The monoisotopic (exact) mass is 434 g/mol. The molecular weight excluding hydrogens is 415 g/mol. The number of hydrogen-bond donors (Lipinski definition) is 1. The molecule has 3 aromatic rings. The number of carbonyl (C=O) groups is 1. The van der Waals surface area contributed by atoms with Gasteiger partial charge in [-0.25, -0.2) is 14.1 Å². The van der Waals surface area contributed by atoms with Crippen LogP contribution in [0.3, 0.4) is 0 Å². The van der Waals surface area contributed by atoms with Gasteiger partial charge in [-0.2, -0.15) is 5.10 Å². The second kappa shape index (κ2) is 8.52. The molecule has 0 saturated carbocycles. The number of hydrogen-bond acceptors (Lipinski definition) is 5. The molecular formula is C20H20ClFN4O2S. The van der Waals surface area contributed by atoms with E-state index < -0.39 is 5.60 Å². The maximum atomic E-state index is 13.5. The highest BCUT2D eigenvalue weighted by molar-refractivity contribution is 8.13. The molecule has 1 amide bonds. The van der Waals surface area contributed by atoms with Crippen molar-refractivity contribution >= 4 is 28.6 Å². The highest BCUT2D eigenvalue weighted by atomic mass is 35.5. The summed E-state index contributed by atoms with van der Waals surface area (Å²) < 4.78 is 21.2. The fourth-order valence-electron chi connectivity index (χ4n) is 3.14. The van der Waals surface area contributed by atoms with Gasteiger partial charge in [-0.3, -0.25) is 4.79 Å². The lowest BCUT2D eigenvalue weighted by Gasteiger charge is -2.15. The molecule has 9 heteroatoms. The van der Waals surface area contributed by atoms with E-state index in [0.29, 0.717) is 16.7 Å². The van der Waals surface area contributed by atoms with Gasteiger partial charge in [0.05, 0.1) is 6.54 Å². The number of rotatable bonds is 5.